The summed E-state index contributed by atoms with van der Waals surface area (Å²) in [6.45, 7) is 3.41. The maximum absolute atomic E-state index is 11.7. The van der Waals surface area contributed by atoms with Crippen molar-refractivity contribution in [3.05, 3.63) is 54.1 Å². The van der Waals surface area contributed by atoms with Crippen molar-refractivity contribution in [3.63, 3.8) is 0 Å². The van der Waals surface area contributed by atoms with Crippen LogP contribution in [0, 0.1) is 6.92 Å². The Morgan fingerprint density at radius 1 is 1.32 bits per heavy atom. The summed E-state index contributed by atoms with van der Waals surface area (Å²) >= 11 is 0. The number of amides is 1. The number of imidazole rings is 1. The lowest BCUT2D eigenvalue weighted by atomic mass is 10.2. The van der Waals surface area contributed by atoms with E-state index in [1.165, 1.54) is 0 Å². The number of benzene rings is 1. The Morgan fingerprint density at radius 3 is 2.79 bits per heavy atom. The molecule has 0 saturated heterocycles. The van der Waals surface area contributed by atoms with Crippen LogP contribution in [0.15, 0.2) is 42.7 Å². The molecule has 19 heavy (non-hydrogen) atoms. The van der Waals surface area contributed by atoms with E-state index in [1.807, 2.05) is 43.5 Å². The van der Waals surface area contributed by atoms with Gasteiger partial charge in [0.15, 0.2) is 0 Å². The van der Waals surface area contributed by atoms with Gasteiger partial charge in [-0.1, -0.05) is 30.3 Å². The van der Waals surface area contributed by atoms with Crippen molar-refractivity contribution in [2.24, 2.45) is 0 Å². The number of hydrogen-bond donors (Lipinski definition) is 1. The Hall–Kier alpha value is -2.10. The molecule has 0 aliphatic heterocycles. The third kappa shape index (κ3) is 4.25. The second-order valence-electron chi connectivity index (χ2n) is 4.53. The first-order chi connectivity index (χ1) is 9.25. The van der Waals surface area contributed by atoms with Gasteiger partial charge in [0.05, 0.1) is 0 Å². The van der Waals surface area contributed by atoms with Crippen molar-refractivity contribution < 1.29 is 4.79 Å². The quantitative estimate of drug-likeness (QED) is 0.863. The molecule has 100 valence electrons. The fourth-order valence-electron chi connectivity index (χ4n) is 1.93. The second-order valence-corrected chi connectivity index (χ2v) is 4.53. The van der Waals surface area contributed by atoms with Crippen molar-refractivity contribution in [2.45, 2.75) is 32.9 Å². The topological polar surface area (TPSA) is 46.9 Å². The van der Waals surface area contributed by atoms with Gasteiger partial charge < -0.3 is 9.88 Å². The SMILES string of the molecule is Cc1nccn1CCCC(=O)NCc1ccccc1. The molecule has 1 amide bonds. The van der Waals surface area contributed by atoms with Gasteiger partial charge in [-0.05, 0) is 18.9 Å². The van der Waals surface area contributed by atoms with Crippen LogP contribution in [0.25, 0.3) is 0 Å². The fourth-order valence-corrected chi connectivity index (χ4v) is 1.93. The van der Waals surface area contributed by atoms with Crippen molar-refractivity contribution in [3.8, 4) is 0 Å². The summed E-state index contributed by atoms with van der Waals surface area (Å²) in [5, 5.41) is 2.93. The zero-order valence-corrected chi connectivity index (χ0v) is 11.2. The maximum atomic E-state index is 11.7. The third-order valence-electron chi connectivity index (χ3n) is 3.06. The number of carbonyl (C=O) groups excluding carboxylic acids is 1. The van der Waals surface area contributed by atoms with Crippen molar-refractivity contribution >= 4 is 5.91 Å². The van der Waals surface area contributed by atoms with Crippen LogP contribution in [0.2, 0.25) is 0 Å². The number of aromatic nitrogens is 2. The van der Waals surface area contributed by atoms with Crippen LogP contribution in [0.3, 0.4) is 0 Å². The number of hydrogen-bond acceptors (Lipinski definition) is 2. The van der Waals surface area contributed by atoms with Gasteiger partial charge in [-0.15, -0.1) is 0 Å². The minimum atomic E-state index is 0.0987. The Bertz CT molecular complexity index is 519. The van der Waals surface area contributed by atoms with Crippen LogP contribution in [-0.4, -0.2) is 15.5 Å². The zero-order valence-electron chi connectivity index (χ0n) is 11.2. The Kier molecular flexibility index (Phi) is 4.72. The summed E-state index contributed by atoms with van der Waals surface area (Å²) in [6.07, 6.45) is 5.10. The third-order valence-corrected chi connectivity index (χ3v) is 3.06. The minimum Gasteiger partial charge on any atom is -0.352 e. The largest absolute Gasteiger partial charge is 0.352 e. The van der Waals surface area contributed by atoms with Crippen LogP contribution in [-0.2, 0) is 17.9 Å². The van der Waals surface area contributed by atoms with Crippen LogP contribution in [0.5, 0.6) is 0 Å². The molecule has 0 aliphatic carbocycles. The zero-order chi connectivity index (χ0) is 13.5. The van der Waals surface area contributed by atoms with E-state index in [-0.39, 0.29) is 5.91 Å². The van der Waals surface area contributed by atoms with Crippen LogP contribution >= 0.6 is 0 Å². The molecule has 2 rings (SSSR count). The normalized spacial score (nSPS) is 10.4. The Labute approximate surface area is 113 Å². The molecule has 1 heterocycles. The van der Waals surface area contributed by atoms with E-state index in [0.717, 1.165) is 24.4 Å². The summed E-state index contributed by atoms with van der Waals surface area (Å²) in [6, 6.07) is 9.94. The molecule has 0 saturated carbocycles. The molecule has 2 aromatic rings. The predicted octanol–water partition coefficient (Wildman–Crippen LogP) is 2.29. The Balaban J connectivity index is 1.66. The van der Waals surface area contributed by atoms with E-state index in [1.54, 1.807) is 6.20 Å². The second kappa shape index (κ2) is 6.73. The van der Waals surface area contributed by atoms with E-state index in [0.29, 0.717) is 13.0 Å². The lowest BCUT2D eigenvalue weighted by Crippen LogP contribution is -2.22. The highest BCUT2D eigenvalue weighted by Gasteiger charge is 2.02. The molecule has 1 N–H and O–H groups in total. The van der Waals surface area contributed by atoms with Crippen molar-refractivity contribution in [2.75, 3.05) is 0 Å². The molecule has 1 aromatic carbocycles. The van der Waals surface area contributed by atoms with Gasteiger partial charge >= 0.3 is 0 Å². The summed E-state index contributed by atoms with van der Waals surface area (Å²) in [5.41, 5.74) is 1.13. The average molecular weight is 257 g/mol. The minimum absolute atomic E-state index is 0.0987. The van der Waals surface area contributed by atoms with Gasteiger partial charge in [0.1, 0.15) is 5.82 Å². The lowest BCUT2D eigenvalue weighted by molar-refractivity contribution is -0.121. The number of aryl methyl sites for hydroxylation is 2. The highest BCUT2D eigenvalue weighted by Crippen LogP contribution is 2.01. The highest BCUT2D eigenvalue weighted by molar-refractivity contribution is 5.75. The highest BCUT2D eigenvalue weighted by atomic mass is 16.1. The lowest BCUT2D eigenvalue weighted by Gasteiger charge is -2.06. The number of nitrogens with one attached hydrogen (secondary N) is 1. The fraction of sp³-hybridized carbons (Fsp3) is 0.333. The summed E-state index contributed by atoms with van der Waals surface area (Å²) in [5.74, 6) is 1.09. The molecular formula is C15H19N3O. The van der Waals surface area contributed by atoms with Gasteiger partial charge in [-0.25, -0.2) is 4.98 Å². The molecule has 4 heteroatoms. The van der Waals surface area contributed by atoms with E-state index in [2.05, 4.69) is 14.9 Å². The number of nitrogens with zero attached hydrogens (tertiary/aromatic N) is 2. The van der Waals surface area contributed by atoms with Crippen molar-refractivity contribution in [1.82, 2.24) is 14.9 Å². The monoisotopic (exact) mass is 257 g/mol. The van der Waals surface area contributed by atoms with Gasteiger partial charge in [0.25, 0.3) is 0 Å². The molecular weight excluding hydrogens is 238 g/mol. The number of rotatable bonds is 6. The molecule has 0 spiro atoms. The molecule has 0 unspecified atom stereocenters. The average Bonchev–Trinajstić information content (AvgIpc) is 2.83. The Morgan fingerprint density at radius 2 is 2.11 bits per heavy atom. The molecule has 1 aromatic heterocycles. The van der Waals surface area contributed by atoms with Gasteiger partial charge in [0.2, 0.25) is 5.91 Å². The van der Waals surface area contributed by atoms with Gasteiger partial charge in [-0.2, -0.15) is 0 Å². The predicted molar refractivity (Wildman–Crippen MR) is 74.5 cm³/mol. The number of carbonyl (C=O) groups is 1. The summed E-state index contributed by atoms with van der Waals surface area (Å²) in [7, 11) is 0. The molecule has 0 fully saturated rings. The van der Waals surface area contributed by atoms with Gasteiger partial charge in [-0.3, -0.25) is 4.79 Å². The summed E-state index contributed by atoms with van der Waals surface area (Å²) in [4.78, 5) is 15.8. The van der Waals surface area contributed by atoms with Crippen molar-refractivity contribution in [1.29, 1.82) is 0 Å². The van der Waals surface area contributed by atoms with Crippen LogP contribution < -0.4 is 5.32 Å². The molecule has 0 bridgehead atoms. The van der Waals surface area contributed by atoms with Gasteiger partial charge in [0, 0.05) is 31.9 Å². The standard InChI is InChI=1S/C15H19N3O/c1-13-16-9-11-18(13)10-5-8-15(19)17-12-14-6-3-2-4-7-14/h2-4,6-7,9,11H,5,8,10,12H2,1H3,(H,17,19). The van der Waals surface area contributed by atoms with E-state index in [4.69, 9.17) is 0 Å². The van der Waals surface area contributed by atoms with E-state index < -0.39 is 0 Å². The molecule has 4 nitrogen and oxygen atoms in total. The maximum Gasteiger partial charge on any atom is 0.220 e. The molecule has 0 aliphatic rings. The molecule has 0 radical (unpaired) electrons. The first-order valence-corrected chi connectivity index (χ1v) is 6.54. The van der Waals surface area contributed by atoms with Crippen LogP contribution in [0.4, 0.5) is 0 Å². The van der Waals surface area contributed by atoms with Crippen LogP contribution in [0.1, 0.15) is 24.2 Å². The molecule has 0 atom stereocenters. The smallest absolute Gasteiger partial charge is 0.220 e. The summed E-state index contributed by atoms with van der Waals surface area (Å²) < 4.78 is 2.06. The first kappa shape index (κ1) is 13.3. The van der Waals surface area contributed by atoms with E-state index >= 15 is 0 Å². The van der Waals surface area contributed by atoms with E-state index in [9.17, 15) is 4.79 Å². The first-order valence-electron chi connectivity index (χ1n) is 6.54.